The van der Waals surface area contributed by atoms with Crippen molar-refractivity contribution in [3.63, 3.8) is 0 Å². The van der Waals surface area contributed by atoms with E-state index in [0.29, 0.717) is 17.9 Å². The first-order valence-corrected chi connectivity index (χ1v) is 6.56. The predicted molar refractivity (Wildman–Crippen MR) is 78.6 cm³/mol. The molecule has 0 aliphatic rings. The highest BCUT2D eigenvalue weighted by atomic mass is 35.5. The van der Waals surface area contributed by atoms with Crippen molar-refractivity contribution in [1.82, 2.24) is 19.7 Å². The van der Waals surface area contributed by atoms with Gasteiger partial charge in [-0.15, -0.1) is 0 Å². The third kappa shape index (κ3) is 3.05. The number of aryl methyl sites for hydroxylation is 2. The van der Waals surface area contributed by atoms with Gasteiger partial charge in [-0.3, -0.25) is 14.8 Å². The molecular formula is C12H15ClN6O2. The van der Waals surface area contributed by atoms with Crippen LogP contribution >= 0.6 is 11.6 Å². The van der Waals surface area contributed by atoms with Crippen molar-refractivity contribution in [2.24, 2.45) is 0 Å². The molecular weight excluding hydrogens is 296 g/mol. The summed E-state index contributed by atoms with van der Waals surface area (Å²) >= 11 is 5.83. The van der Waals surface area contributed by atoms with E-state index in [0.717, 1.165) is 0 Å². The van der Waals surface area contributed by atoms with E-state index in [1.165, 1.54) is 17.9 Å². The van der Waals surface area contributed by atoms with Crippen LogP contribution in [0.25, 0.3) is 0 Å². The first kappa shape index (κ1) is 15.0. The zero-order valence-corrected chi connectivity index (χ0v) is 12.6. The Morgan fingerprint density at radius 3 is 2.86 bits per heavy atom. The highest BCUT2D eigenvalue weighted by molar-refractivity contribution is 6.29. The molecule has 112 valence electrons. The molecule has 0 saturated carbocycles. The molecule has 0 fully saturated rings. The highest BCUT2D eigenvalue weighted by Crippen LogP contribution is 2.19. The van der Waals surface area contributed by atoms with Crippen LogP contribution in [0.3, 0.4) is 0 Å². The Labute approximate surface area is 126 Å². The van der Waals surface area contributed by atoms with Gasteiger partial charge in [0.05, 0.1) is 18.5 Å². The van der Waals surface area contributed by atoms with Gasteiger partial charge in [0, 0.05) is 12.6 Å². The second-order valence-corrected chi connectivity index (χ2v) is 4.56. The molecule has 21 heavy (non-hydrogen) atoms. The fourth-order valence-corrected chi connectivity index (χ4v) is 1.96. The number of hydrogen-bond acceptors (Lipinski definition) is 6. The Morgan fingerprint density at radius 1 is 1.52 bits per heavy atom. The van der Waals surface area contributed by atoms with Gasteiger partial charge in [-0.2, -0.15) is 10.1 Å². The topological polar surface area (TPSA) is 108 Å². The van der Waals surface area contributed by atoms with E-state index in [1.54, 1.807) is 6.92 Å². The van der Waals surface area contributed by atoms with Gasteiger partial charge in [0.1, 0.15) is 10.8 Å². The number of carbonyl (C=O) groups is 1. The maximum absolute atomic E-state index is 12.3. The Bertz CT molecular complexity index is 685. The lowest BCUT2D eigenvalue weighted by Crippen LogP contribution is -2.20. The SMILES string of the molecule is CCn1nc(C)c(N)c1C(=O)Nc1nc(Cl)cc(OC)n1. The molecule has 3 N–H and O–H groups in total. The molecule has 0 atom stereocenters. The summed E-state index contributed by atoms with van der Waals surface area (Å²) in [6.07, 6.45) is 0. The van der Waals surface area contributed by atoms with Crippen molar-refractivity contribution >= 4 is 29.1 Å². The summed E-state index contributed by atoms with van der Waals surface area (Å²) in [7, 11) is 1.44. The Balaban J connectivity index is 2.32. The third-order valence-corrected chi connectivity index (χ3v) is 2.99. The van der Waals surface area contributed by atoms with Gasteiger partial charge in [-0.05, 0) is 13.8 Å². The van der Waals surface area contributed by atoms with Crippen LogP contribution in [0.15, 0.2) is 6.07 Å². The van der Waals surface area contributed by atoms with Gasteiger partial charge in [-0.1, -0.05) is 11.6 Å². The lowest BCUT2D eigenvalue weighted by atomic mass is 10.3. The normalized spacial score (nSPS) is 10.5. The molecule has 1 amide bonds. The number of nitrogens with zero attached hydrogens (tertiary/aromatic N) is 4. The number of aromatic nitrogens is 4. The average Bonchev–Trinajstić information content (AvgIpc) is 2.73. The van der Waals surface area contributed by atoms with Gasteiger partial charge >= 0.3 is 0 Å². The van der Waals surface area contributed by atoms with Gasteiger partial charge in [0.2, 0.25) is 11.8 Å². The molecule has 0 saturated heterocycles. The summed E-state index contributed by atoms with van der Waals surface area (Å²) in [5.74, 6) is -0.178. The molecule has 8 nitrogen and oxygen atoms in total. The van der Waals surface area contributed by atoms with Gasteiger partial charge in [0.15, 0.2) is 0 Å². The number of halogens is 1. The molecule has 2 aromatic rings. The zero-order valence-electron chi connectivity index (χ0n) is 11.8. The number of nitrogen functional groups attached to an aromatic ring is 1. The minimum Gasteiger partial charge on any atom is -0.481 e. The molecule has 0 bridgehead atoms. The summed E-state index contributed by atoms with van der Waals surface area (Å²) in [5.41, 5.74) is 7.06. The first-order valence-electron chi connectivity index (χ1n) is 6.19. The van der Waals surface area contributed by atoms with E-state index < -0.39 is 5.91 Å². The molecule has 0 aliphatic carbocycles. The quantitative estimate of drug-likeness (QED) is 0.828. The number of methoxy groups -OCH3 is 1. The summed E-state index contributed by atoms with van der Waals surface area (Å²) < 4.78 is 6.48. The van der Waals surface area contributed by atoms with E-state index >= 15 is 0 Å². The molecule has 2 heterocycles. The lowest BCUT2D eigenvalue weighted by Gasteiger charge is -2.07. The number of nitrogens with one attached hydrogen (secondary N) is 1. The van der Waals surface area contributed by atoms with E-state index in [9.17, 15) is 4.79 Å². The van der Waals surface area contributed by atoms with E-state index in [-0.39, 0.29) is 22.7 Å². The number of amides is 1. The molecule has 0 aromatic carbocycles. The van der Waals surface area contributed by atoms with Crippen LogP contribution in [0.5, 0.6) is 5.88 Å². The molecule has 9 heteroatoms. The highest BCUT2D eigenvalue weighted by Gasteiger charge is 2.20. The van der Waals surface area contributed by atoms with Crippen molar-refractivity contribution in [3.05, 3.63) is 22.6 Å². The largest absolute Gasteiger partial charge is 0.481 e. The average molecular weight is 311 g/mol. The number of anilines is 2. The molecule has 0 spiro atoms. The maximum atomic E-state index is 12.3. The van der Waals surface area contributed by atoms with Crippen LogP contribution in [0, 0.1) is 6.92 Å². The number of nitrogens with two attached hydrogens (primary N) is 1. The zero-order chi connectivity index (χ0) is 15.6. The fraction of sp³-hybridized carbons (Fsp3) is 0.333. The molecule has 0 radical (unpaired) electrons. The standard InChI is InChI=1S/C12H15ClN6O2/c1-4-19-10(9(14)6(2)18-19)11(20)17-12-15-7(13)5-8(16-12)21-3/h5H,4,14H2,1-3H3,(H,15,16,17,20). The number of carbonyl (C=O) groups excluding carboxylic acids is 1. The van der Waals surface area contributed by atoms with Gasteiger partial charge in [-0.25, -0.2) is 4.98 Å². The molecule has 0 unspecified atom stereocenters. The smallest absolute Gasteiger partial charge is 0.278 e. The van der Waals surface area contributed by atoms with E-state index in [2.05, 4.69) is 20.4 Å². The number of hydrogen-bond donors (Lipinski definition) is 2. The second kappa shape index (κ2) is 5.96. The van der Waals surface area contributed by atoms with Crippen molar-refractivity contribution in [1.29, 1.82) is 0 Å². The molecule has 2 rings (SSSR count). The summed E-state index contributed by atoms with van der Waals surface area (Å²) in [6, 6.07) is 1.44. The van der Waals surface area contributed by atoms with Crippen LogP contribution in [0.1, 0.15) is 23.1 Å². The Hall–Kier alpha value is -2.35. The predicted octanol–water partition coefficient (Wildman–Crippen LogP) is 1.50. The number of ether oxygens (including phenoxy) is 1. The van der Waals surface area contributed by atoms with E-state index in [1.807, 2.05) is 6.92 Å². The Morgan fingerprint density at radius 2 is 2.24 bits per heavy atom. The van der Waals surface area contributed by atoms with Crippen LogP contribution < -0.4 is 15.8 Å². The van der Waals surface area contributed by atoms with Crippen molar-refractivity contribution in [3.8, 4) is 5.88 Å². The fourth-order valence-electron chi connectivity index (χ4n) is 1.78. The number of rotatable bonds is 4. The van der Waals surface area contributed by atoms with Crippen molar-refractivity contribution in [2.45, 2.75) is 20.4 Å². The van der Waals surface area contributed by atoms with Gasteiger partial charge in [0.25, 0.3) is 5.91 Å². The maximum Gasteiger partial charge on any atom is 0.278 e. The monoisotopic (exact) mass is 310 g/mol. The minimum atomic E-state index is -0.459. The van der Waals surface area contributed by atoms with E-state index in [4.69, 9.17) is 22.1 Å². The summed E-state index contributed by atoms with van der Waals surface area (Å²) in [5, 5.41) is 6.88. The summed E-state index contributed by atoms with van der Waals surface area (Å²) in [6.45, 7) is 4.11. The first-order chi connectivity index (χ1) is 9.96. The van der Waals surface area contributed by atoms with Crippen LogP contribution in [0.2, 0.25) is 5.15 Å². The second-order valence-electron chi connectivity index (χ2n) is 4.17. The molecule has 2 aromatic heterocycles. The van der Waals surface area contributed by atoms with Crippen LogP contribution in [-0.2, 0) is 6.54 Å². The van der Waals surface area contributed by atoms with Crippen LogP contribution in [0.4, 0.5) is 11.6 Å². The minimum absolute atomic E-state index is 0.0326. The Kier molecular flexibility index (Phi) is 4.27. The van der Waals surface area contributed by atoms with Crippen LogP contribution in [-0.4, -0.2) is 32.8 Å². The lowest BCUT2D eigenvalue weighted by molar-refractivity contribution is 0.101. The van der Waals surface area contributed by atoms with Gasteiger partial charge < -0.3 is 10.5 Å². The molecule has 0 aliphatic heterocycles. The summed E-state index contributed by atoms with van der Waals surface area (Å²) in [4.78, 5) is 20.2. The van der Waals surface area contributed by atoms with Crippen molar-refractivity contribution in [2.75, 3.05) is 18.2 Å². The van der Waals surface area contributed by atoms with Crippen molar-refractivity contribution < 1.29 is 9.53 Å². The third-order valence-electron chi connectivity index (χ3n) is 2.79.